The highest BCUT2D eigenvalue weighted by molar-refractivity contribution is 6.07. The molecule has 1 saturated heterocycles. The van der Waals surface area contributed by atoms with Gasteiger partial charge in [-0.3, -0.25) is 4.79 Å². The lowest BCUT2D eigenvalue weighted by molar-refractivity contribution is -0.161. The van der Waals surface area contributed by atoms with Crippen molar-refractivity contribution < 1.29 is 19.0 Å². The number of hydrogen-bond donors (Lipinski definition) is 0. The summed E-state index contributed by atoms with van der Waals surface area (Å²) in [5.74, 6) is 5.64. The first-order valence-corrected chi connectivity index (χ1v) is 7.45. The predicted octanol–water partition coefficient (Wildman–Crippen LogP) is 2.58. The maximum Gasteiger partial charge on any atom is 0.270 e. The van der Waals surface area contributed by atoms with Crippen molar-refractivity contribution in [3.8, 4) is 11.8 Å². The van der Waals surface area contributed by atoms with Crippen LogP contribution in [0.3, 0.4) is 0 Å². The molecule has 110 valence electrons. The van der Waals surface area contributed by atoms with Crippen LogP contribution in [0.25, 0.3) is 0 Å². The summed E-state index contributed by atoms with van der Waals surface area (Å²) in [6.45, 7) is 1.90. The summed E-state index contributed by atoms with van der Waals surface area (Å²) >= 11 is 0. The largest absolute Gasteiger partial charge is 0.489 e. The van der Waals surface area contributed by atoms with E-state index in [9.17, 15) is 4.79 Å². The van der Waals surface area contributed by atoms with Crippen LogP contribution in [-0.2, 0) is 19.0 Å². The number of allylic oxidation sites excluding steroid dienone is 2. The fraction of sp³-hybridized carbons (Fsp3) is 0.688. The second kappa shape index (κ2) is 8.78. The summed E-state index contributed by atoms with van der Waals surface area (Å²) in [4.78, 5) is 11.8. The molecule has 4 heteroatoms. The quantitative estimate of drug-likeness (QED) is 0.450. The molecule has 2 rings (SSSR count). The van der Waals surface area contributed by atoms with Gasteiger partial charge in [0.05, 0.1) is 13.2 Å². The summed E-state index contributed by atoms with van der Waals surface area (Å²) in [6.07, 6.45) is 8.47. The van der Waals surface area contributed by atoms with Gasteiger partial charge in [-0.1, -0.05) is 5.92 Å². The van der Waals surface area contributed by atoms with E-state index in [2.05, 4.69) is 11.8 Å². The number of Topliss-reactive ketones (excluding diaryl/α,β-unsaturated/α-hetero) is 1. The van der Waals surface area contributed by atoms with Gasteiger partial charge in [-0.15, -0.1) is 0 Å². The molecule has 0 amide bonds. The van der Waals surface area contributed by atoms with Gasteiger partial charge in [0.15, 0.2) is 12.0 Å². The fourth-order valence-electron chi connectivity index (χ4n) is 2.17. The van der Waals surface area contributed by atoms with Gasteiger partial charge in [0.2, 0.25) is 0 Å². The van der Waals surface area contributed by atoms with Crippen LogP contribution in [0.4, 0.5) is 0 Å². The molecule has 4 nitrogen and oxygen atoms in total. The summed E-state index contributed by atoms with van der Waals surface area (Å²) in [6, 6.07) is 0. The van der Waals surface area contributed by atoms with Crippen molar-refractivity contribution in [2.75, 3.05) is 19.8 Å². The molecule has 0 aliphatic carbocycles. The average molecular weight is 278 g/mol. The van der Waals surface area contributed by atoms with Crippen molar-refractivity contribution in [2.24, 2.45) is 0 Å². The molecule has 1 fully saturated rings. The van der Waals surface area contributed by atoms with Crippen LogP contribution in [-0.4, -0.2) is 31.9 Å². The monoisotopic (exact) mass is 278 g/mol. The normalized spacial score (nSPS) is 22.8. The highest BCUT2D eigenvalue weighted by atomic mass is 16.7. The molecule has 0 aromatic rings. The van der Waals surface area contributed by atoms with Crippen LogP contribution in [0.5, 0.6) is 0 Å². The van der Waals surface area contributed by atoms with Crippen LogP contribution < -0.4 is 0 Å². The molecule has 2 heterocycles. The first-order chi connectivity index (χ1) is 9.86. The Balaban J connectivity index is 1.65. The van der Waals surface area contributed by atoms with E-state index in [0.717, 1.165) is 45.1 Å². The lowest BCUT2D eigenvalue weighted by Gasteiger charge is -2.22. The molecule has 0 radical (unpaired) electrons. The Morgan fingerprint density at radius 2 is 2.20 bits per heavy atom. The zero-order valence-electron chi connectivity index (χ0n) is 11.9. The molecule has 0 saturated carbocycles. The van der Waals surface area contributed by atoms with Crippen LogP contribution in [0.1, 0.15) is 44.9 Å². The van der Waals surface area contributed by atoms with Gasteiger partial charge >= 0.3 is 0 Å². The van der Waals surface area contributed by atoms with Crippen LogP contribution >= 0.6 is 0 Å². The summed E-state index contributed by atoms with van der Waals surface area (Å²) in [5, 5.41) is 0. The summed E-state index contributed by atoms with van der Waals surface area (Å²) < 4.78 is 16.4. The molecule has 0 N–H and O–H groups in total. The second-order valence-electron chi connectivity index (χ2n) is 4.96. The maximum absolute atomic E-state index is 11.8. The molecule has 2 aliphatic rings. The Morgan fingerprint density at radius 3 is 3.05 bits per heavy atom. The third-order valence-corrected chi connectivity index (χ3v) is 3.28. The Morgan fingerprint density at radius 1 is 1.30 bits per heavy atom. The SMILES string of the molecule is O=C(C#CCCOC1CCCCO1)C1=CCCCCO1. The molecular weight excluding hydrogens is 256 g/mol. The van der Waals surface area contributed by atoms with Crippen LogP contribution in [0.15, 0.2) is 11.8 Å². The molecule has 1 unspecified atom stereocenters. The first kappa shape index (κ1) is 15.1. The Bertz CT molecular complexity index is 396. The fourth-order valence-corrected chi connectivity index (χ4v) is 2.17. The maximum atomic E-state index is 11.8. The van der Waals surface area contributed by atoms with Gasteiger partial charge in [0.25, 0.3) is 5.78 Å². The van der Waals surface area contributed by atoms with E-state index in [0.29, 0.717) is 25.4 Å². The molecule has 1 atom stereocenters. The van der Waals surface area contributed by atoms with Gasteiger partial charge in [0.1, 0.15) is 0 Å². The lowest BCUT2D eigenvalue weighted by atomic mass is 10.2. The van der Waals surface area contributed by atoms with Crippen molar-refractivity contribution in [3.05, 3.63) is 11.8 Å². The smallest absolute Gasteiger partial charge is 0.270 e. The third kappa shape index (κ3) is 5.36. The van der Waals surface area contributed by atoms with Crippen molar-refractivity contribution in [3.63, 3.8) is 0 Å². The number of carbonyl (C=O) groups excluding carboxylic acids is 1. The highest BCUT2D eigenvalue weighted by Crippen LogP contribution is 2.13. The van der Waals surface area contributed by atoms with Crippen LogP contribution in [0, 0.1) is 11.8 Å². The van der Waals surface area contributed by atoms with Gasteiger partial charge in [-0.25, -0.2) is 0 Å². The van der Waals surface area contributed by atoms with Crippen molar-refractivity contribution in [1.82, 2.24) is 0 Å². The first-order valence-electron chi connectivity index (χ1n) is 7.45. The number of ketones is 1. The van der Waals surface area contributed by atoms with E-state index in [1.165, 1.54) is 0 Å². The van der Waals surface area contributed by atoms with E-state index < -0.39 is 0 Å². The predicted molar refractivity (Wildman–Crippen MR) is 74.8 cm³/mol. The van der Waals surface area contributed by atoms with Crippen molar-refractivity contribution in [1.29, 1.82) is 0 Å². The van der Waals surface area contributed by atoms with E-state index in [4.69, 9.17) is 14.2 Å². The van der Waals surface area contributed by atoms with Crippen molar-refractivity contribution in [2.45, 2.75) is 51.2 Å². The average Bonchev–Trinajstić information content (AvgIpc) is 2.77. The zero-order chi connectivity index (χ0) is 14.0. The van der Waals surface area contributed by atoms with Crippen LogP contribution in [0.2, 0.25) is 0 Å². The van der Waals surface area contributed by atoms with E-state index in [-0.39, 0.29) is 12.1 Å². The minimum Gasteiger partial charge on any atom is -0.489 e. The Kier molecular flexibility index (Phi) is 6.62. The Labute approximate surface area is 120 Å². The second-order valence-corrected chi connectivity index (χ2v) is 4.96. The third-order valence-electron chi connectivity index (χ3n) is 3.28. The summed E-state index contributed by atoms with van der Waals surface area (Å²) in [7, 11) is 0. The van der Waals surface area contributed by atoms with E-state index >= 15 is 0 Å². The Hall–Kier alpha value is -1.31. The van der Waals surface area contributed by atoms with Gasteiger partial charge < -0.3 is 14.2 Å². The highest BCUT2D eigenvalue weighted by Gasteiger charge is 2.13. The molecular formula is C16H22O4. The molecule has 20 heavy (non-hydrogen) atoms. The molecule has 0 bridgehead atoms. The standard InChI is InChI=1S/C16H22O4/c17-14(15-9-2-1-5-11-18-15)8-3-6-12-19-16-10-4-7-13-20-16/h9,16H,1-2,4-7,10-13H2. The molecule has 2 aliphatic heterocycles. The zero-order valence-corrected chi connectivity index (χ0v) is 11.9. The van der Waals surface area contributed by atoms with Gasteiger partial charge in [-0.05, 0) is 50.5 Å². The molecule has 0 aromatic carbocycles. The van der Waals surface area contributed by atoms with E-state index in [1.807, 2.05) is 6.08 Å². The number of carbonyl (C=O) groups is 1. The topological polar surface area (TPSA) is 44.8 Å². The van der Waals surface area contributed by atoms with E-state index in [1.54, 1.807) is 0 Å². The van der Waals surface area contributed by atoms with Gasteiger partial charge in [-0.2, -0.15) is 0 Å². The summed E-state index contributed by atoms with van der Waals surface area (Å²) in [5.41, 5.74) is 0. The number of ether oxygens (including phenoxy) is 3. The minimum absolute atomic E-state index is 0.0887. The van der Waals surface area contributed by atoms with Gasteiger partial charge in [0, 0.05) is 13.0 Å². The number of rotatable bonds is 4. The van der Waals surface area contributed by atoms with Crippen molar-refractivity contribution >= 4 is 5.78 Å². The molecule has 0 spiro atoms. The lowest BCUT2D eigenvalue weighted by Crippen LogP contribution is -2.22. The number of hydrogen-bond acceptors (Lipinski definition) is 4. The minimum atomic E-state index is -0.221. The molecule has 0 aromatic heterocycles.